The molecule has 8 nitrogen and oxygen atoms in total. The Bertz CT molecular complexity index is 862. The lowest BCUT2D eigenvalue weighted by atomic mass is 9.85. The summed E-state index contributed by atoms with van der Waals surface area (Å²) in [6.07, 6.45) is 7.06. The summed E-state index contributed by atoms with van der Waals surface area (Å²) < 4.78 is 10.9. The molecule has 0 bridgehead atoms. The van der Waals surface area contributed by atoms with Crippen molar-refractivity contribution in [3.63, 3.8) is 0 Å². The molecule has 3 unspecified atom stereocenters. The lowest BCUT2D eigenvalue weighted by Gasteiger charge is -2.36. The van der Waals surface area contributed by atoms with E-state index in [1.54, 1.807) is 18.6 Å². The van der Waals surface area contributed by atoms with Gasteiger partial charge in [-0.05, 0) is 30.5 Å². The predicted molar refractivity (Wildman–Crippen MR) is 100 cm³/mol. The largest absolute Gasteiger partial charge is 0.454 e. The predicted octanol–water partition coefficient (Wildman–Crippen LogP) is 1.20. The topological polar surface area (TPSA) is 88.6 Å². The highest BCUT2D eigenvalue weighted by atomic mass is 16.7. The monoisotopic (exact) mass is 381 g/mol. The number of piperidine rings is 1. The number of nitrogens with one attached hydrogen (secondary N) is 2. The van der Waals surface area contributed by atoms with Crippen LogP contribution in [0.3, 0.4) is 0 Å². The zero-order valence-corrected chi connectivity index (χ0v) is 15.5. The van der Waals surface area contributed by atoms with Crippen LogP contribution in [-0.2, 0) is 11.2 Å². The zero-order chi connectivity index (χ0) is 18.9. The molecule has 0 radical (unpaired) electrons. The summed E-state index contributed by atoms with van der Waals surface area (Å²) in [4.78, 5) is 23.1. The zero-order valence-electron chi connectivity index (χ0n) is 15.5. The van der Waals surface area contributed by atoms with Gasteiger partial charge < -0.3 is 14.4 Å². The van der Waals surface area contributed by atoms with E-state index < -0.39 is 0 Å². The van der Waals surface area contributed by atoms with E-state index >= 15 is 0 Å². The number of hydrogen-bond donors (Lipinski definition) is 2. The number of carbonyl (C=O) groups excluding carboxylic acids is 1. The Morgan fingerprint density at radius 3 is 3.04 bits per heavy atom. The molecule has 2 fully saturated rings. The normalized spacial score (nSPS) is 25.6. The van der Waals surface area contributed by atoms with E-state index in [-0.39, 0.29) is 18.7 Å². The van der Waals surface area contributed by atoms with Crippen LogP contribution in [0.4, 0.5) is 0 Å². The maximum atomic E-state index is 12.8. The number of ether oxygens (including phenoxy) is 2. The molecule has 0 saturated carbocycles. The van der Waals surface area contributed by atoms with Crippen molar-refractivity contribution in [2.24, 2.45) is 5.92 Å². The summed E-state index contributed by atoms with van der Waals surface area (Å²) in [5, 5.41) is 0. The van der Waals surface area contributed by atoms with Crippen molar-refractivity contribution in [2.75, 3.05) is 19.9 Å². The second kappa shape index (κ2) is 7.37. The molecule has 0 spiro atoms. The molecular formula is C20H23N5O3. The summed E-state index contributed by atoms with van der Waals surface area (Å²) >= 11 is 0. The van der Waals surface area contributed by atoms with Gasteiger partial charge in [0.15, 0.2) is 11.5 Å². The van der Waals surface area contributed by atoms with Crippen molar-refractivity contribution < 1.29 is 14.3 Å². The minimum absolute atomic E-state index is 0.134. The maximum absolute atomic E-state index is 12.8. The fourth-order valence-electron chi connectivity index (χ4n) is 4.32. The van der Waals surface area contributed by atoms with Crippen LogP contribution in [0.1, 0.15) is 30.1 Å². The maximum Gasteiger partial charge on any atom is 0.231 e. The average Bonchev–Trinajstić information content (AvgIpc) is 3.38. The SMILES string of the molecule is O=C(CCc1cnccn1)N1CCC2NNC(c3ccc4c(c3)OCO4)C2C1. The van der Waals surface area contributed by atoms with Crippen molar-refractivity contribution in [2.45, 2.75) is 31.3 Å². The molecule has 3 aliphatic rings. The highest BCUT2D eigenvalue weighted by molar-refractivity contribution is 5.76. The third kappa shape index (κ3) is 3.29. The molecule has 146 valence electrons. The number of nitrogens with zero attached hydrogens (tertiary/aromatic N) is 3. The fourth-order valence-corrected chi connectivity index (χ4v) is 4.32. The molecule has 1 aromatic carbocycles. The van der Waals surface area contributed by atoms with E-state index in [2.05, 4.69) is 26.9 Å². The summed E-state index contributed by atoms with van der Waals surface area (Å²) in [7, 11) is 0. The number of fused-ring (bicyclic) bond motifs is 2. The van der Waals surface area contributed by atoms with E-state index in [4.69, 9.17) is 9.47 Å². The smallest absolute Gasteiger partial charge is 0.231 e. The Morgan fingerprint density at radius 1 is 1.21 bits per heavy atom. The first kappa shape index (κ1) is 17.4. The number of likely N-dealkylation sites (tertiary alicyclic amines) is 1. The van der Waals surface area contributed by atoms with E-state index in [1.807, 2.05) is 17.0 Å². The molecule has 3 aliphatic heterocycles. The molecule has 1 aromatic heterocycles. The average molecular weight is 381 g/mol. The van der Waals surface area contributed by atoms with Crippen molar-refractivity contribution >= 4 is 5.91 Å². The van der Waals surface area contributed by atoms with Crippen LogP contribution in [0.5, 0.6) is 11.5 Å². The second-order valence-electron chi connectivity index (χ2n) is 7.47. The lowest BCUT2D eigenvalue weighted by Crippen LogP contribution is -2.47. The number of benzene rings is 1. The van der Waals surface area contributed by atoms with E-state index in [0.29, 0.717) is 24.8 Å². The first-order chi connectivity index (χ1) is 13.8. The molecule has 2 aromatic rings. The summed E-state index contributed by atoms with van der Waals surface area (Å²) in [5.41, 5.74) is 8.84. The number of aryl methyl sites for hydroxylation is 1. The van der Waals surface area contributed by atoms with Crippen molar-refractivity contribution in [1.82, 2.24) is 25.7 Å². The molecule has 4 heterocycles. The van der Waals surface area contributed by atoms with Gasteiger partial charge in [-0.3, -0.25) is 20.2 Å². The summed E-state index contributed by atoms with van der Waals surface area (Å²) in [5.74, 6) is 2.07. The minimum atomic E-state index is 0.134. The van der Waals surface area contributed by atoms with Crippen LogP contribution in [-0.4, -0.2) is 46.7 Å². The van der Waals surface area contributed by atoms with Gasteiger partial charge in [-0.25, -0.2) is 5.43 Å². The first-order valence-electron chi connectivity index (χ1n) is 9.71. The van der Waals surface area contributed by atoms with Crippen LogP contribution >= 0.6 is 0 Å². The molecule has 8 heteroatoms. The van der Waals surface area contributed by atoms with E-state index in [0.717, 1.165) is 42.3 Å². The molecule has 28 heavy (non-hydrogen) atoms. The van der Waals surface area contributed by atoms with Gasteiger partial charge in [0.2, 0.25) is 12.7 Å². The highest BCUT2D eigenvalue weighted by Gasteiger charge is 2.41. The summed E-state index contributed by atoms with van der Waals surface area (Å²) in [6.45, 7) is 1.79. The molecule has 2 saturated heterocycles. The number of carbonyl (C=O) groups is 1. The van der Waals surface area contributed by atoms with Gasteiger partial charge in [0.1, 0.15) is 0 Å². The fraction of sp³-hybridized carbons (Fsp3) is 0.450. The number of rotatable bonds is 4. The van der Waals surface area contributed by atoms with Crippen molar-refractivity contribution in [1.29, 1.82) is 0 Å². The minimum Gasteiger partial charge on any atom is -0.454 e. The summed E-state index contributed by atoms with van der Waals surface area (Å²) in [6, 6.07) is 6.57. The third-order valence-electron chi connectivity index (χ3n) is 5.83. The molecular weight excluding hydrogens is 358 g/mol. The number of hydrogen-bond acceptors (Lipinski definition) is 7. The highest BCUT2D eigenvalue weighted by Crippen LogP contribution is 2.39. The van der Waals surface area contributed by atoms with Crippen molar-refractivity contribution in [3.8, 4) is 11.5 Å². The third-order valence-corrected chi connectivity index (χ3v) is 5.83. The Morgan fingerprint density at radius 2 is 2.14 bits per heavy atom. The number of amides is 1. The molecule has 2 N–H and O–H groups in total. The standard InChI is InChI=1S/C20H23N5O3/c26-19(4-2-14-10-21-6-7-22-14)25-8-5-16-15(11-25)20(24-23-16)13-1-3-17-18(9-13)28-12-27-17/h1,3,6-7,9-10,15-16,20,23-24H,2,4-5,8,11-12H2. The van der Waals surface area contributed by atoms with Gasteiger partial charge in [-0.1, -0.05) is 6.07 Å². The lowest BCUT2D eigenvalue weighted by molar-refractivity contribution is -0.133. The van der Waals surface area contributed by atoms with Crippen LogP contribution < -0.4 is 20.3 Å². The Balaban J connectivity index is 1.25. The Labute approximate surface area is 163 Å². The Kier molecular flexibility index (Phi) is 4.58. The molecule has 0 aliphatic carbocycles. The van der Waals surface area contributed by atoms with E-state index in [1.165, 1.54) is 0 Å². The van der Waals surface area contributed by atoms with Crippen molar-refractivity contribution in [3.05, 3.63) is 48.0 Å². The van der Waals surface area contributed by atoms with Gasteiger partial charge in [0, 0.05) is 50.1 Å². The van der Waals surface area contributed by atoms with Crippen LogP contribution in [0.15, 0.2) is 36.8 Å². The molecule has 1 amide bonds. The van der Waals surface area contributed by atoms with Crippen LogP contribution in [0.25, 0.3) is 0 Å². The van der Waals surface area contributed by atoms with Gasteiger partial charge in [0.05, 0.1) is 11.7 Å². The van der Waals surface area contributed by atoms with Gasteiger partial charge >= 0.3 is 0 Å². The Hall–Kier alpha value is -2.71. The number of hydrazine groups is 1. The van der Waals surface area contributed by atoms with Crippen LogP contribution in [0, 0.1) is 5.92 Å². The van der Waals surface area contributed by atoms with E-state index in [9.17, 15) is 4.79 Å². The molecule has 5 rings (SSSR count). The quantitative estimate of drug-likeness (QED) is 0.823. The second-order valence-corrected chi connectivity index (χ2v) is 7.47. The van der Waals surface area contributed by atoms with Gasteiger partial charge in [0.25, 0.3) is 0 Å². The van der Waals surface area contributed by atoms with Gasteiger partial charge in [-0.2, -0.15) is 0 Å². The van der Waals surface area contributed by atoms with Crippen LogP contribution in [0.2, 0.25) is 0 Å². The first-order valence-corrected chi connectivity index (χ1v) is 9.71. The number of aromatic nitrogens is 2. The molecule has 3 atom stereocenters. The van der Waals surface area contributed by atoms with Gasteiger partial charge in [-0.15, -0.1) is 0 Å².